The lowest BCUT2D eigenvalue weighted by Crippen LogP contribution is -2.52. The van der Waals surface area contributed by atoms with Crippen molar-refractivity contribution in [2.75, 3.05) is 41.0 Å². The molecule has 0 radical (unpaired) electrons. The minimum Gasteiger partial charge on any atom is -0.488 e. The predicted octanol–water partition coefficient (Wildman–Crippen LogP) is 7.65. The van der Waals surface area contributed by atoms with Gasteiger partial charge in [0.2, 0.25) is 12.3 Å². The number of aromatic amines is 2. The number of nitrogens with zero attached hydrogens (tertiary/aromatic N) is 4. The van der Waals surface area contributed by atoms with E-state index in [0.717, 1.165) is 85.1 Å². The van der Waals surface area contributed by atoms with Gasteiger partial charge in [-0.05, 0) is 94.8 Å². The number of fused-ring (bicyclic) bond motifs is 7. The summed E-state index contributed by atoms with van der Waals surface area (Å²) in [5.41, 5.74) is 9.23. The van der Waals surface area contributed by atoms with Crippen LogP contribution in [0.5, 0.6) is 5.75 Å². The molecular formula is C52H56N8O8. The number of methoxy groups -OCH3 is 3. The van der Waals surface area contributed by atoms with Crippen molar-refractivity contribution in [2.45, 2.75) is 70.3 Å². The van der Waals surface area contributed by atoms with Gasteiger partial charge in [-0.3, -0.25) is 14.9 Å². The molecule has 5 aromatic carbocycles. The minimum absolute atomic E-state index is 0.0610. The number of rotatable bonds is 13. The Kier molecular flexibility index (Phi) is 12.3. The zero-order valence-electron chi connectivity index (χ0n) is 38.7. The third-order valence-electron chi connectivity index (χ3n) is 13.7. The second-order valence-corrected chi connectivity index (χ2v) is 18.4. The van der Waals surface area contributed by atoms with Crippen molar-refractivity contribution in [3.63, 3.8) is 0 Å². The fourth-order valence-electron chi connectivity index (χ4n) is 10.3. The molecule has 0 aliphatic carbocycles. The highest BCUT2D eigenvalue weighted by Crippen LogP contribution is 2.44. The number of aliphatic hydroxyl groups excluding tert-OH is 1. The number of carbonyl (C=O) groups is 3. The number of aliphatic hydroxyl groups is 1. The van der Waals surface area contributed by atoms with Gasteiger partial charge in [0.15, 0.2) is 0 Å². The molecule has 3 aliphatic heterocycles. The first kappa shape index (κ1) is 45.0. The molecular weight excluding hydrogens is 865 g/mol. The van der Waals surface area contributed by atoms with Crippen molar-refractivity contribution in [2.24, 2.45) is 11.8 Å². The molecule has 7 aromatic rings. The van der Waals surface area contributed by atoms with Crippen molar-refractivity contribution in [3.8, 4) is 28.0 Å². The second-order valence-electron chi connectivity index (χ2n) is 18.4. The number of ether oxygens (including phenoxy) is 4. The number of nitrogens with one attached hydrogen (secondary N) is 4. The first-order valence-electron chi connectivity index (χ1n) is 23.2. The first-order valence-corrected chi connectivity index (χ1v) is 23.2. The normalized spacial score (nSPS) is 19.2. The molecule has 10 rings (SSSR count). The van der Waals surface area contributed by atoms with E-state index < -0.39 is 30.6 Å². The molecule has 2 aromatic heterocycles. The van der Waals surface area contributed by atoms with Crippen LogP contribution in [0.25, 0.3) is 55.1 Å². The lowest BCUT2D eigenvalue weighted by molar-refractivity contribution is -0.145. The van der Waals surface area contributed by atoms with Crippen molar-refractivity contribution < 1.29 is 38.4 Å². The van der Waals surface area contributed by atoms with Crippen LogP contribution in [-0.2, 0) is 30.4 Å². The smallest absolute Gasteiger partial charge is 0.407 e. The molecule has 3 aliphatic rings. The van der Waals surface area contributed by atoms with E-state index >= 15 is 0 Å². The minimum atomic E-state index is -1.24. The Balaban J connectivity index is 0.911. The van der Waals surface area contributed by atoms with Gasteiger partial charge in [-0.1, -0.05) is 68.4 Å². The Hall–Kier alpha value is -6.85. The van der Waals surface area contributed by atoms with Crippen LogP contribution in [0.4, 0.5) is 4.79 Å². The standard InChI is InChI=1S/C52H56N8O8/c1-28(2)44(57-51(63)66-4)49(61)59-19-9-12-41(59)47-53-38-17-14-32(23-40(38)55-47)31-13-16-35-34(21-31)27-68-43-24-36-33(22-37(35)43)15-18-39-46(36)56-48(54-39)42-20-29(26-65-3)25-60(42)50(62)45(58-52(64)67-5)30-10-7-6-8-11-30/h6-8,10-11,13-18,21-24,28-29,41-42,44-45,51,57,63H,9,12,19-20,25-27H2,1-5H3,(H,53,55)(H,54,56)(H,58,64)/t29-,41-,42-,44-,45+,51?/m0/s1. The van der Waals surface area contributed by atoms with E-state index in [1.165, 1.54) is 14.2 Å². The zero-order valence-corrected chi connectivity index (χ0v) is 38.7. The highest BCUT2D eigenvalue weighted by molar-refractivity contribution is 6.07. The summed E-state index contributed by atoms with van der Waals surface area (Å²) in [5, 5.41) is 17.8. The summed E-state index contributed by atoms with van der Waals surface area (Å²) in [7, 11) is 4.33. The molecule has 68 heavy (non-hydrogen) atoms. The molecule has 3 amide bonds. The van der Waals surface area contributed by atoms with E-state index in [1.807, 2.05) is 61.2 Å². The number of benzene rings is 5. The van der Waals surface area contributed by atoms with Gasteiger partial charge in [-0.25, -0.2) is 14.8 Å². The summed E-state index contributed by atoms with van der Waals surface area (Å²) in [6.45, 7) is 5.81. The van der Waals surface area contributed by atoms with Gasteiger partial charge in [0.25, 0.3) is 5.91 Å². The van der Waals surface area contributed by atoms with E-state index in [1.54, 1.807) is 12.0 Å². The topological polar surface area (TPSA) is 196 Å². The van der Waals surface area contributed by atoms with Crippen LogP contribution in [0.15, 0.2) is 91.0 Å². The van der Waals surface area contributed by atoms with E-state index in [4.69, 9.17) is 28.9 Å². The van der Waals surface area contributed by atoms with Crippen molar-refractivity contribution in [3.05, 3.63) is 114 Å². The largest absolute Gasteiger partial charge is 0.488 e. The number of hydrogen-bond donors (Lipinski definition) is 5. The van der Waals surface area contributed by atoms with Gasteiger partial charge in [0.05, 0.1) is 53.9 Å². The highest BCUT2D eigenvalue weighted by atomic mass is 16.6. The van der Waals surface area contributed by atoms with E-state index in [0.29, 0.717) is 44.1 Å². The Morgan fingerprint density at radius 3 is 2.40 bits per heavy atom. The number of alkyl carbamates (subject to hydrolysis) is 1. The maximum absolute atomic E-state index is 14.4. The molecule has 0 spiro atoms. The molecule has 16 heteroatoms. The van der Waals surface area contributed by atoms with Crippen LogP contribution < -0.4 is 15.4 Å². The van der Waals surface area contributed by atoms with Crippen LogP contribution in [0.2, 0.25) is 0 Å². The molecule has 5 heterocycles. The van der Waals surface area contributed by atoms with Gasteiger partial charge in [-0.2, -0.15) is 0 Å². The molecule has 16 nitrogen and oxygen atoms in total. The Morgan fingerprint density at radius 2 is 1.62 bits per heavy atom. The van der Waals surface area contributed by atoms with E-state index in [9.17, 15) is 19.5 Å². The van der Waals surface area contributed by atoms with Crippen molar-refractivity contribution in [1.82, 2.24) is 40.4 Å². The number of amides is 3. The number of hydrogen-bond acceptors (Lipinski definition) is 11. The first-order chi connectivity index (χ1) is 33.0. The average molecular weight is 921 g/mol. The predicted molar refractivity (Wildman–Crippen MR) is 256 cm³/mol. The van der Waals surface area contributed by atoms with Gasteiger partial charge >= 0.3 is 6.09 Å². The monoisotopic (exact) mass is 920 g/mol. The summed E-state index contributed by atoms with van der Waals surface area (Å²) in [6.07, 6.45) is 0.346. The van der Waals surface area contributed by atoms with Gasteiger partial charge in [0.1, 0.15) is 30.0 Å². The van der Waals surface area contributed by atoms with E-state index in [2.05, 4.69) is 69.1 Å². The summed E-state index contributed by atoms with van der Waals surface area (Å²) in [4.78, 5) is 61.5. The average Bonchev–Trinajstić information content (AvgIpc) is 4.19. The maximum atomic E-state index is 14.4. The second kappa shape index (κ2) is 18.7. The van der Waals surface area contributed by atoms with Gasteiger partial charge < -0.3 is 49.1 Å². The SMILES string of the molecule is COC[C@H]1C[C@@H](c2nc3ccc4cc5c(cc4c3[nH]2)OCc2cc(-c3ccc4nc([C@@H]6CCCN6C(=O)[C@@H](NC(O)OC)C(C)C)[nH]c4c3)ccc2-5)N(C(=O)[C@H](NC(=O)OC)c2ccccc2)C1. The molecule has 2 saturated heterocycles. The molecule has 0 bridgehead atoms. The lowest BCUT2D eigenvalue weighted by atomic mass is 9.91. The Labute approximate surface area is 393 Å². The van der Waals surface area contributed by atoms with Crippen LogP contribution >= 0.6 is 0 Å². The molecule has 1 unspecified atom stereocenters. The van der Waals surface area contributed by atoms with Gasteiger partial charge in [0, 0.05) is 44.2 Å². The molecule has 0 saturated carbocycles. The molecule has 5 N–H and O–H groups in total. The van der Waals surface area contributed by atoms with Crippen LogP contribution in [0.3, 0.4) is 0 Å². The fourth-order valence-corrected chi connectivity index (χ4v) is 10.3. The van der Waals surface area contributed by atoms with Gasteiger partial charge in [-0.15, -0.1) is 0 Å². The van der Waals surface area contributed by atoms with Crippen LogP contribution in [0, 0.1) is 11.8 Å². The Bertz CT molecular complexity index is 3020. The number of H-pyrrole nitrogens is 2. The number of carbonyl (C=O) groups excluding carboxylic acids is 3. The molecule has 352 valence electrons. The lowest BCUT2D eigenvalue weighted by Gasteiger charge is -2.31. The zero-order chi connectivity index (χ0) is 47.2. The van der Waals surface area contributed by atoms with Crippen molar-refractivity contribution in [1.29, 1.82) is 0 Å². The maximum Gasteiger partial charge on any atom is 0.407 e. The van der Waals surface area contributed by atoms with E-state index in [-0.39, 0.29) is 29.7 Å². The van der Waals surface area contributed by atoms with Crippen LogP contribution in [-0.4, -0.2) is 106 Å². The molecule has 2 fully saturated rings. The number of likely N-dealkylation sites (tertiary alicyclic amines) is 2. The third-order valence-corrected chi connectivity index (χ3v) is 13.7. The Morgan fingerprint density at radius 1 is 0.853 bits per heavy atom. The summed E-state index contributed by atoms with van der Waals surface area (Å²) in [6, 6.07) is 28.0. The van der Waals surface area contributed by atoms with Crippen molar-refractivity contribution >= 4 is 50.7 Å². The quantitative estimate of drug-likeness (QED) is 0.0713. The highest BCUT2D eigenvalue weighted by Gasteiger charge is 2.42. The number of imidazole rings is 2. The third kappa shape index (κ3) is 8.42. The van der Waals surface area contributed by atoms with Crippen LogP contribution in [0.1, 0.15) is 74.0 Å². The summed E-state index contributed by atoms with van der Waals surface area (Å²) in [5.74, 6) is 1.84. The summed E-state index contributed by atoms with van der Waals surface area (Å²) >= 11 is 0. The molecule has 6 atom stereocenters. The summed E-state index contributed by atoms with van der Waals surface area (Å²) < 4.78 is 22.0. The fraction of sp³-hybridized carbons (Fsp3) is 0.365. The number of aromatic nitrogens is 4.